The number of rotatable bonds is 2. The number of benzene rings is 1. The third-order valence-electron chi connectivity index (χ3n) is 4.39. The van der Waals surface area contributed by atoms with Gasteiger partial charge in [0.2, 0.25) is 5.91 Å². The van der Waals surface area contributed by atoms with E-state index in [1.807, 2.05) is 0 Å². The summed E-state index contributed by atoms with van der Waals surface area (Å²) in [5, 5.41) is 2.78. The lowest BCUT2D eigenvalue weighted by Crippen LogP contribution is -2.69. The van der Waals surface area contributed by atoms with E-state index in [0.717, 1.165) is 12.8 Å². The monoisotopic (exact) mass is 310 g/mol. The average Bonchev–Trinajstić information content (AvgIpc) is 3.26. The number of nitrogens with zero attached hydrogens (tertiary/aromatic N) is 1. The second-order valence-electron chi connectivity index (χ2n) is 5.92. The first-order chi connectivity index (χ1) is 9.84. The van der Waals surface area contributed by atoms with Crippen LogP contribution in [0.4, 0.5) is 10.1 Å². The normalized spacial score (nSPS) is 29.5. The molecule has 1 aliphatic carbocycles. The maximum atomic E-state index is 13.3. The fourth-order valence-electron chi connectivity index (χ4n) is 2.87. The summed E-state index contributed by atoms with van der Waals surface area (Å²) in [7, 11) is 0. The highest BCUT2D eigenvalue weighted by Crippen LogP contribution is 2.43. The highest BCUT2D eigenvalue weighted by molar-refractivity contribution is 6.31. The Hall–Kier alpha value is -1.62. The molecule has 1 saturated carbocycles. The van der Waals surface area contributed by atoms with Crippen LogP contribution in [0.15, 0.2) is 18.2 Å². The first kappa shape index (κ1) is 14.3. The lowest BCUT2D eigenvalue weighted by molar-refractivity contribution is -0.138. The Balaban J connectivity index is 2.03. The van der Waals surface area contributed by atoms with Gasteiger partial charge in [0.05, 0.1) is 5.02 Å². The van der Waals surface area contributed by atoms with Crippen molar-refractivity contribution in [2.45, 2.75) is 38.3 Å². The predicted molar refractivity (Wildman–Crippen MR) is 77.6 cm³/mol. The molecule has 1 heterocycles. The molecule has 112 valence electrons. The van der Waals surface area contributed by atoms with Crippen molar-refractivity contribution in [2.75, 3.05) is 4.90 Å². The van der Waals surface area contributed by atoms with Gasteiger partial charge in [-0.25, -0.2) is 4.39 Å². The van der Waals surface area contributed by atoms with E-state index in [4.69, 9.17) is 11.6 Å². The van der Waals surface area contributed by atoms with Crippen LogP contribution >= 0.6 is 11.6 Å². The predicted octanol–water partition coefficient (Wildman–Crippen LogP) is 2.50. The van der Waals surface area contributed by atoms with Gasteiger partial charge >= 0.3 is 0 Å². The van der Waals surface area contributed by atoms with E-state index >= 15 is 0 Å². The second-order valence-corrected chi connectivity index (χ2v) is 6.32. The molecule has 2 aliphatic rings. The van der Waals surface area contributed by atoms with Gasteiger partial charge in [-0.3, -0.25) is 14.5 Å². The molecule has 0 radical (unpaired) electrons. The molecule has 0 bridgehead atoms. The van der Waals surface area contributed by atoms with Gasteiger partial charge in [0, 0.05) is 5.69 Å². The summed E-state index contributed by atoms with van der Waals surface area (Å²) in [6, 6.07) is 3.42. The number of hydrogen-bond donors (Lipinski definition) is 1. The number of carbonyl (C=O) groups is 2. The van der Waals surface area contributed by atoms with Crippen LogP contribution in [0, 0.1) is 11.7 Å². The van der Waals surface area contributed by atoms with Crippen LogP contribution in [-0.4, -0.2) is 23.4 Å². The standard InChI is InChI=1S/C15H16ClFN2O2/c1-8-13(20)18-15(2,9-3-4-9)14(21)19(8)10-5-6-12(17)11(16)7-10/h5-9H,3-4H2,1-2H3,(H,18,20). The minimum atomic E-state index is -0.884. The Kier molecular flexibility index (Phi) is 3.20. The zero-order valence-electron chi connectivity index (χ0n) is 11.8. The Bertz CT molecular complexity index is 632. The maximum absolute atomic E-state index is 13.3. The molecule has 21 heavy (non-hydrogen) atoms. The van der Waals surface area contributed by atoms with Crippen molar-refractivity contribution in [2.24, 2.45) is 5.92 Å². The molecule has 2 fully saturated rings. The number of amides is 2. The minimum Gasteiger partial charge on any atom is -0.340 e. The maximum Gasteiger partial charge on any atom is 0.253 e. The molecule has 2 unspecified atom stereocenters. The lowest BCUT2D eigenvalue weighted by atomic mass is 9.89. The number of halogens is 2. The van der Waals surface area contributed by atoms with Gasteiger partial charge in [0.25, 0.3) is 5.91 Å². The molecule has 2 amide bonds. The van der Waals surface area contributed by atoms with E-state index in [1.165, 1.54) is 23.1 Å². The molecular formula is C15H16ClFN2O2. The third kappa shape index (κ3) is 2.20. The second kappa shape index (κ2) is 4.70. The Morgan fingerprint density at radius 3 is 2.62 bits per heavy atom. The molecule has 1 N–H and O–H groups in total. The molecule has 4 nitrogen and oxygen atoms in total. The van der Waals surface area contributed by atoms with Crippen LogP contribution in [0.5, 0.6) is 0 Å². The van der Waals surface area contributed by atoms with Crippen molar-refractivity contribution in [3.63, 3.8) is 0 Å². The van der Waals surface area contributed by atoms with E-state index < -0.39 is 17.4 Å². The Labute approximate surface area is 127 Å². The molecule has 1 aromatic rings. The van der Waals surface area contributed by atoms with Crippen LogP contribution in [0.25, 0.3) is 0 Å². The summed E-state index contributed by atoms with van der Waals surface area (Å²) < 4.78 is 13.3. The summed E-state index contributed by atoms with van der Waals surface area (Å²) >= 11 is 5.80. The lowest BCUT2D eigenvalue weighted by Gasteiger charge is -2.43. The van der Waals surface area contributed by atoms with E-state index in [2.05, 4.69) is 5.32 Å². The summed E-state index contributed by atoms with van der Waals surface area (Å²) in [5.74, 6) is -0.754. The van der Waals surface area contributed by atoms with Gasteiger partial charge in [-0.2, -0.15) is 0 Å². The van der Waals surface area contributed by atoms with Crippen LogP contribution in [-0.2, 0) is 9.59 Å². The SMILES string of the molecule is CC1C(=O)NC(C)(C2CC2)C(=O)N1c1ccc(F)c(Cl)c1. The molecule has 1 saturated heterocycles. The summed E-state index contributed by atoms with van der Waals surface area (Å²) in [6.45, 7) is 3.41. The molecule has 0 aromatic heterocycles. The van der Waals surface area contributed by atoms with Gasteiger partial charge in [0.1, 0.15) is 17.4 Å². The zero-order valence-corrected chi connectivity index (χ0v) is 12.6. The van der Waals surface area contributed by atoms with E-state index in [1.54, 1.807) is 13.8 Å². The van der Waals surface area contributed by atoms with Gasteiger partial charge in [-0.15, -0.1) is 0 Å². The van der Waals surface area contributed by atoms with Crippen molar-refractivity contribution < 1.29 is 14.0 Å². The molecular weight excluding hydrogens is 295 g/mol. The zero-order chi connectivity index (χ0) is 15.4. The van der Waals surface area contributed by atoms with E-state index in [9.17, 15) is 14.0 Å². The number of hydrogen-bond acceptors (Lipinski definition) is 2. The Morgan fingerprint density at radius 2 is 2.05 bits per heavy atom. The third-order valence-corrected chi connectivity index (χ3v) is 4.68. The summed E-state index contributed by atoms with van der Waals surface area (Å²) in [4.78, 5) is 26.5. The molecule has 1 aliphatic heterocycles. The average molecular weight is 311 g/mol. The van der Waals surface area contributed by atoms with Crippen molar-refractivity contribution in [1.82, 2.24) is 5.32 Å². The molecule has 6 heteroatoms. The highest BCUT2D eigenvalue weighted by atomic mass is 35.5. The fraction of sp³-hybridized carbons (Fsp3) is 0.467. The van der Waals surface area contributed by atoms with Gasteiger partial charge in [-0.1, -0.05) is 11.6 Å². The molecule has 2 atom stereocenters. The van der Waals surface area contributed by atoms with Crippen molar-refractivity contribution >= 4 is 29.1 Å². The quantitative estimate of drug-likeness (QED) is 0.912. The molecule has 0 spiro atoms. The van der Waals surface area contributed by atoms with Crippen molar-refractivity contribution in [3.05, 3.63) is 29.0 Å². The molecule has 1 aromatic carbocycles. The summed E-state index contributed by atoms with van der Waals surface area (Å²) in [6.07, 6.45) is 1.85. The van der Waals surface area contributed by atoms with Crippen LogP contribution < -0.4 is 10.2 Å². The van der Waals surface area contributed by atoms with E-state index in [-0.39, 0.29) is 22.8 Å². The first-order valence-electron chi connectivity index (χ1n) is 6.95. The number of nitrogens with one attached hydrogen (secondary N) is 1. The Morgan fingerprint density at radius 1 is 1.38 bits per heavy atom. The van der Waals surface area contributed by atoms with Gasteiger partial charge in [0.15, 0.2) is 0 Å². The smallest absolute Gasteiger partial charge is 0.253 e. The summed E-state index contributed by atoms with van der Waals surface area (Å²) in [5.41, 5.74) is -0.439. The topological polar surface area (TPSA) is 49.4 Å². The van der Waals surface area contributed by atoms with Gasteiger partial charge < -0.3 is 5.32 Å². The van der Waals surface area contributed by atoms with Crippen LogP contribution in [0.3, 0.4) is 0 Å². The first-order valence-corrected chi connectivity index (χ1v) is 7.33. The highest BCUT2D eigenvalue weighted by Gasteiger charge is 2.54. The fourth-order valence-corrected chi connectivity index (χ4v) is 3.05. The number of anilines is 1. The van der Waals surface area contributed by atoms with Crippen LogP contribution in [0.1, 0.15) is 26.7 Å². The number of piperazine rings is 1. The largest absolute Gasteiger partial charge is 0.340 e. The van der Waals surface area contributed by atoms with Gasteiger partial charge in [-0.05, 0) is 50.8 Å². The van der Waals surface area contributed by atoms with Crippen molar-refractivity contribution in [3.8, 4) is 0 Å². The van der Waals surface area contributed by atoms with Crippen LogP contribution in [0.2, 0.25) is 5.02 Å². The molecule has 3 rings (SSSR count). The number of carbonyl (C=O) groups excluding carboxylic acids is 2. The minimum absolute atomic E-state index is 0.0633. The van der Waals surface area contributed by atoms with E-state index in [0.29, 0.717) is 5.69 Å². The van der Waals surface area contributed by atoms with Crippen molar-refractivity contribution in [1.29, 1.82) is 0 Å².